The Kier molecular flexibility index (Phi) is 4.88. The first-order chi connectivity index (χ1) is 16.4. The number of ether oxygens (including phenoxy) is 1. The SMILES string of the molecule is CC(C)(O)[C@@H]1C[C@H]1c1nnc(-c2cnc(-c3ccc4cc(C#N)cnn34)cc2NC2COC2)s1. The van der Waals surface area contributed by atoms with Crippen LogP contribution in [0.5, 0.6) is 0 Å². The Hall–Kier alpha value is -3.39. The van der Waals surface area contributed by atoms with Crippen molar-refractivity contribution >= 4 is 22.5 Å². The molecule has 1 aliphatic heterocycles. The standard InChI is InChI=1S/C24H23N7O2S/c1-24(2,32)18-6-16(18)22-29-30-23(34-22)17-10-26-20(7-19(17)28-14-11-33-12-14)21-4-3-15-5-13(8-25)9-27-31(15)21/h3-5,7,9-10,14,16,18,32H,6,11-12H2,1-2H3,(H,26,28)/t16-,18-/m1/s1. The van der Waals surface area contributed by atoms with Gasteiger partial charge in [0.2, 0.25) is 0 Å². The number of nitrogens with zero attached hydrogens (tertiary/aromatic N) is 6. The van der Waals surface area contributed by atoms with E-state index in [1.54, 1.807) is 28.1 Å². The van der Waals surface area contributed by atoms with E-state index in [2.05, 4.69) is 26.7 Å². The molecule has 2 fully saturated rings. The van der Waals surface area contributed by atoms with E-state index in [9.17, 15) is 5.11 Å². The normalized spacial score (nSPS) is 20.2. The summed E-state index contributed by atoms with van der Waals surface area (Å²) >= 11 is 1.56. The second-order valence-electron chi connectivity index (χ2n) is 9.45. The van der Waals surface area contributed by atoms with E-state index < -0.39 is 5.60 Å². The van der Waals surface area contributed by atoms with Crippen molar-refractivity contribution in [2.75, 3.05) is 18.5 Å². The molecule has 10 heteroatoms. The lowest BCUT2D eigenvalue weighted by molar-refractivity contribution is 0.0211. The maximum Gasteiger partial charge on any atom is 0.151 e. The molecule has 1 aliphatic carbocycles. The molecule has 5 heterocycles. The van der Waals surface area contributed by atoms with Gasteiger partial charge < -0.3 is 15.2 Å². The first-order valence-corrected chi connectivity index (χ1v) is 12.0. The summed E-state index contributed by atoms with van der Waals surface area (Å²) in [5.74, 6) is 0.474. The molecule has 172 valence electrons. The molecule has 2 aliphatic rings. The van der Waals surface area contributed by atoms with Crippen LogP contribution in [0.15, 0.2) is 36.7 Å². The fourth-order valence-corrected chi connectivity index (χ4v) is 5.47. The van der Waals surface area contributed by atoms with Gasteiger partial charge in [-0.1, -0.05) is 11.3 Å². The lowest BCUT2D eigenvalue weighted by Gasteiger charge is -2.28. The Bertz CT molecular complexity index is 1430. The van der Waals surface area contributed by atoms with Crippen LogP contribution in [0.4, 0.5) is 5.69 Å². The summed E-state index contributed by atoms with van der Waals surface area (Å²) in [6, 6.07) is 10.0. The highest BCUT2D eigenvalue weighted by Crippen LogP contribution is 2.54. The topological polar surface area (TPSA) is 121 Å². The molecule has 0 unspecified atom stereocenters. The summed E-state index contributed by atoms with van der Waals surface area (Å²) in [6.07, 6.45) is 4.31. The third kappa shape index (κ3) is 3.72. The van der Waals surface area contributed by atoms with E-state index in [1.165, 1.54) is 0 Å². The molecule has 0 radical (unpaired) electrons. The Morgan fingerprint density at radius 3 is 2.79 bits per heavy atom. The first-order valence-electron chi connectivity index (χ1n) is 11.2. The third-order valence-corrected chi connectivity index (χ3v) is 7.57. The van der Waals surface area contributed by atoms with Crippen molar-refractivity contribution in [3.63, 3.8) is 0 Å². The molecule has 0 bridgehead atoms. The second kappa shape index (κ2) is 7.84. The molecule has 9 nitrogen and oxygen atoms in total. The summed E-state index contributed by atoms with van der Waals surface area (Å²) < 4.78 is 7.14. The van der Waals surface area contributed by atoms with Gasteiger partial charge >= 0.3 is 0 Å². The molecule has 34 heavy (non-hydrogen) atoms. The number of rotatable bonds is 6. The minimum absolute atomic E-state index is 0.218. The van der Waals surface area contributed by atoms with Gasteiger partial charge in [-0.15, -0.1) is 10.2 Å². The highest BCUT2D eigenvalue weighted by atomic mass is 32.1. The number of aromatic nitrogens is 5. The Morgan fingerprint density at radius 2 is 2.09 bits per heavy atom. The van der Waals surface area contributed by atoms with Crippen LogP contribution in [0.2, 0.25) is 0 Å². The predicted octanol–water partition coefficient (Wildman–Crippen LogP) is 3.47. The largest absolute Gasteiger partial charge is 0.390 e. The summed E-state index contributed by atoms with van der Waals surface area (Å²) in [6.45, 7) is 5.01. The van der Waals surface area contributed by atoms with Gasteiger partial charge in [-0.25, -0.2) is 4.52 Å². The van der Waals surface area contributed by atoms with Crippen LogP contribution in [0.3, 0.4) is 0 Å². The van der Waals surface area contributed by atoms with Gasteiger partial charge in [0, 0.05) is 17.8 Å². The van der Waals surface area contributed by atoms with E-state index in [1.807, 2.05) is 38.2 Å². The summed E-state index contributed by atoms with van der Waals surface area (Å²) in [5, 5.41) is 38.1. The Morgan fingerprint density at radius 1 is 1.24 bits per heavy atom. The number of anilines is 1. The van der Waals surface area contributed by atoms with E-state index in [-0.39, 0.29) is 17.9 Å². The Labute approximate surface area is 200 Å². The molecule has 1 saturated heterocycles. The van der Waals surface area contributed by atoms with Gasteiger partial charge in [0.1, 0.15) is 11.1 Å². The van der Waals surface area contributed by atoms with Crippen molar-refractivity contribution < 1.29 is 9.84 Å². The second-order valence-corrected chi connectivity index (χ2v) is 10.5. The predicted molar refractivity (Wildman–Crippen MR) is 127 cm³/mol. The van der Waals surface area contributed by atoms with Crippen molar-refractivity contribution in [3.05, 3.63) is 47.2 Å². The first kappa shape index (κ1) is 21.2. The molecule has 1 saturated carbocycles. The minimum Gasteiger partial charge on any atom is -0.390 e. The number of fused-ring (bicyclic) bond motifs is 1. The number of nitriles is 1. The van der Waals surface area contributed by atoms with Crippen LogP contribution in [-0.2, 0) is 4.74 Å². The molecule has 6 rings (SSSR count). The van der Waals surface area contributed by atoms with Crippen LogP contribution < -0.4 is 5.32 Å². The zero-order chi connectivity index (χ0) is 23.4. The highest BCUT2D eigenvalue weighted by molar-refractivity contribution is 7.14. The molecule has 0 amide bonds. The number of aliphatic hydroxyl groups is 1. The highest BCUT2D eigenvalue weighted by Gasteiger charge is 2.49. The molecule has 4 aromatic heterocycles. The molecule has 0 aromatic carbocycles. The number of nitrogens with one attached hydrogen (secondary N) is 1. The van der Waals surface area contributed by atoms with Crippen molar-refractivity contribution in [2.45, 2.75) is 37.8 Å². The molecule has 2 N–H and O–H groups in total. The average molecular weight is 474 g/mol. The molecular weight excluding hydrogens is 450 g/mol. The van der Waals surface area contributed by atoms with Gasteiger partial charge in [0.15, 0.2) is 5.01 Å². The van der Waals surface area contributed by atoms with Gasteiger partial charge in [0.05, 0.1) is 59.1 Å². The lowest BCUT2D eigenvalue weighted by Crippen LogP contribution is -2.40. The van der Waals surface area contributed by atoms with Crippen molar-refractivity contribution in [3.8, 4) is 28.0 Å². The van der Waals surface area contributed by atoms with Gasteiger partial charge in [-0.05, 0) is 50.5 Å². The molecule has 0 spiro atoms. The van der Waals surface area contributed by atoms with Crippen molar-refractivity contribution in [1.82, 2.24) is 24.8 Å². The molecule has 4 aromatic rings. The number of hydrogen-bond acceptors (Lipinski definition) is 9. The Balaban J connectivity index is 1.36. The van der Waals surface area contributed by atoms with E-state index in [4.69, 9.17) is 15.0 Å². The quantitative estimate of drug-likeness (QED) is 0.437. The summed E-state index contributed by atoms with van der Waals surface area (Å²) in [7, 11) is 0. The van der Waals surface area contributed by atoms with E-state index >= 15 is 0 Å². The van der Waals surface area contributed by atoms with Crippen molar-refractivity contribution in [2.24, 2.45) is 5.92 Å². The van der Waals surface area contributed by atoms with Gasteiger partial charge in [0.25, 0.3) is 0 Å². The molecular formula is C24H23N7O2S. The zero-order valence-corrected chi connectivity index (χ0v) is 19.6. The van der Waals surface area contributed by atoms with Crippen LogP contribution in [0, 0.1) is 17.2 Å². The van der Waals surface area contributed by atoms with Crippen LogP contribution >= 0.6 is 11.3 Å². The smallest absolute Gasteiger partial charge is 0.151 e. The monoisotopic (exact) mass is 473 g/mol. The molecule has 2 atom stereocenters. The summed E-state index contributed by atoms with van der Waals surface area (Å²) in [5.41, 5.74) is 4.04. The number of hydrogen-bond donors (Lipinski definition) is 2. The fourth-order valence-electron chi connectivity index (χ4n) is 4.42. The van der Waals surface area contributed by atoms with Crippen LogP contribution in [-0.4, -0.2) is 54.8 Å². The van der Waals surface area contributed by atoms with E-state index in [0.29, 0.717) is 18.8 Å². The van der Waals surface area contributed by atoms with Crippen LogP contribution in [0.25, 0.3) is 27.5 Å². The van der Waals surface area contributed by atoms with Gasteiger partial charge in [-0.3, -0.25) is 4.98 Å². The zero-order valence-electron chi connectivity index (χ0n) is 18.8. The van der Waals surface area contributed by atoms with Crippen LogP contribution in [0.1, 0.15) is 36.8 Å². The van der Waals surface area contributed by atoms with Crippen molar-refractivity contribution in [1.29, 1.82) is 5.26 Å². The third-order valence-electron chi connectivity index (χ3n) is 6.48. The number of pyridine rings is 1. The maximum absolute atomic E-state index is 10.3. The minimum atomic E-state index is -0.710. The van der Waals surface area contributed by atoms with E-state index in [0.717, 1.165) is 44.6 Å². The maximum atomic E-state index is 10.3. The van der Waals surface area contributed by atoms with Gasteiger partial charge in [-0.2, -0.15) is 10.4 Å². The summed E-state index contributed by atoms with van der Waals surface area (Å²) in [4.78, 5) is 4.73. The lowest BCUT2D eigenvalue weighted by atomic mass is 10.0. The fraction of sp³-hybridized carbons (Fsp3) is 0.375. The average Bonchev–Trinajstić information content (AvgIpc) is 3.29.